The van der Waals surface area contributed by atoms with Crippen LogP contribution in [0.25, 0.3) is 0 Å². The third-order valence-corrected chi connectivity index (χ3v) is 5.81. The summed E-state index contributed by atoms with van der Waals surface area (Å²) in [7, 11) is 0. The van der Waals surface area contributed by atoms with Crippen LogP contribution in [0.4, 0.5) is 0 Å². The van der Waals surface area contributed by atoms with Gasteiger partial charge in [0.15, 0.2) is 0 Å². The van der Waals surface area contributed by atoms with Crippen LogP contribution in [0.1, 0.15) is 32.1 Å². The Kier molecular flexibility index (Phi) is 3.46. The number of rotatable bonds is 1. The first-order chi connectivity index (χ1) is 7.88. The van der Waals surface area contributed by atoms with Gasteiger partial charge in [-0.1, -0.05) is 0 Å². The molecule has 0 bridgehead atoms. The van der Waals surface area contributed by atoms with Crippen LogP contribution < -0.4 is 0 Å². The molecule has 0 aromatic heterocycles. The summed E-state index contributed by atoms with van der Waals surface area (Å²) in [6.07, 6.45) is 6.91. The number of nitrogens with zero attached hydrogens (tertiary/aromatic N) is 1. The molecule has 3 heteroatoms. The van der Waals surface area contributed by atoms with Crippen molar-refractivity contribution < 1.29 is 4.74 Å². The maximum Gasteiger partial charge on any atom is 0.0471 e. The zero-order chi connectivity index (χ0) is 10.8. The molecule has 1 atom stereocenters. The van der Waals surface area contributed by atoms with Crippen molar-refractivity contribution in [3.05, 3.63) is 0 Å². The zero-order valence-electron chi connectivity index (χ0n) is 10.1. The molecular weight excluding hydrogens is 218 g/mol. The molecule has 2 nitrogen and oxygen atoms in total. The van der Waals surface area contributed by atoms with Crippen molar-refractivity contribution in [3.63, 3.8) is 0 Å². The Morgan fingerprint density at radius 2 is 2.06 bits per heavy atom. The van der Waals surface area contributed by atoms with Gasteiger partial charge in [-0.2, -0.15) is 11.8 Å². The Bertz CT molecular complexity index is 229. The third-order valence-electron chi connectivity index (χ3n) is 4.67. The molecule has 3 heterocycles. The molecule has 3 fully saturated rings. The topological polar surface area (TPSA) is 12.5 Å². The van der Waals surface area contributed by atoms with E-state index in [2.05, 4.69) is 16.7 Å². The zero-order valence-corrected chi connectivity index (χ0v) is 10.9. The van der Waals surface area contributed by atoms with Gasteiger partial charge in [0.25, 0.3) is 0 Å². The fourth-order valence-electron chi connectivity index (χ4n) is 3.58. The van der Waals surface area contributed by atoms with Crippen molar-refractivity contribution in [1.29, 1.82) is 0 Å². The highest BCUT2D eigenvalue weighted by Crippen LogP contribution is 2.40. The molecule has 92 valence electrons. The van der Waals surface area contributed by atoms with Gasteiger partial charge in [0.05, 0.1) is 0 Å². The number of ether oxygens (including phenoxy) is 1. The second-order valence-corrected chi connectivity index (χ2v) is 6.85. The molecule has 1 unspecified atom stereocenters. The SMILES string of the molecule is C1CN(C2CCSC2)CC2(C1)CCOCC2. The van der Waals surface area contributed by atoms with E-state index in [1.165, 1.54) is 56.7 Å². The van der Waals surface area contributed by atoms with E-state index in [0.717, 1.165) is 19.3 Å². The van der Waals surface area contributed by atoms with E-state index in [1.807, 2.05) is 0 Å². The van der Waals surface area contributed by atoms with E-state index >= 15 is 0 Å². The molecule has 0 radical (unpaired) electrons. The Morgan fingerprint density at radius 1 is 1.19 bits per heavy atom. The molecular formula is C13H23NOS. The lowest BCUT2D eigenvalue weighted by atomic mass is 9.73. The van der Waals surface area contributed by atoms with E-state index in [4.69, 9.17) is 4.74 Å². The Morgan fingerprint density at radius 3 is 2.81 bits per heavy atom. The molecule has 0 N–H and O–H groups in total. The number of thioether (sulfide) groups is 1. The minimum absolute atomic E-state index is 0.629. The summed E-state index contributed by atoms with van der Waals surface area (Å²) in [5, 5.41) is 0. The highest BCUT2D eigenvalue weighted by atomic mass is 32.2. The average Bonchev–Trinajstić information content (AvgIpc) is 2.83. The lowest BCUT2D eigenvalue weighted by Gasteiger charge is -2.47. The monoisotopic (exact) mass is 241 g/mol. The predicted molar refractivity (Wildman–Crippen MR) is 69.0 cm³/mol. The quantitative estimate of drug-likeness (QED) is 0.699. The Labute approximate surface area is 103 Å². The predicted octanol–water partition coefficient (Wildman–Crippen LogP) is 2.38. The first-order valence-electron chi connectivity index (χ1n) is 6.78. The normalized spacial score (nSPS) is 35.6. The van der Waals surface area contributed by atoms with Crippen molar-refractivity contribution in [1.82, 2.24) is 4.90 Å². The second kappa shape index (κ2) is 4.87. The lowest BCUT2D eigenvalue weighted by Crippen LogP contribution is -2.50. The second-order valence-electron chi connectivity index (χ2n) is 5.70. The minimum Gasteiger partial charge on any atom is -0.381 e. The smallest absolute Gasteiger partial charge is 0.0471 e. The standard InChI is InChI=1S/C13H23NOS/c1-3-13(4-7-15-8-5-13)11-14(6-1)12-2-9-16-10-12/h12H,1-11H2. The summed E-state index contributed by atoms with van der Waals surface area (Å²) in [6, 6.07) is 0.894. The van der Waals surface area contributed by atoms with Crippen molar-refractivity contribution in [2.24, 2.45) is 5.41 Å². The Balaban J connectivity index is 1.64. The Hall–Kier alpha value is 0.270. The first-order valence-corrected chi connectivity index (χ1v) is 7.93. The van der Waals surface area contributed by atoms with Crippen molar-refractivity contribution >= 4 is 11.8 Å². The summed E-state index contributed by atoms with van der Waals surface area (Å²) in [5.74, 6) is 2.77. The maximum atomic E-state index is 5.54. The number of hydrogen-bond donors (Lipinski definition) is 0. The molecule has 1 spiro atoms. The van der Waals surface area contributed by atoms with Crippen molar-refractivity contribution in [3.8, 4) is 0 Å². The van der Waals surface area contributed by atoms with Crippen LogP contribution in [0.2, 0.25) is 0 Å². The molecule has 0 amide bonds. The van der Waals surface area contributed by atoms with Gasteiger partial charge in [-0.05, 0) is 49.8 Å². The summed E-state index contributed by atoms with van der Waals surface area (Å²) in [4.78, 5) is 2.80. The van der Waals surface area contributed by atoms with E-state index in [0.29, 0.717) is 5.41 Å². The van der Waals surface area contributed by atoms with Crippen LogP contribution in [0.15, 0.2) is 0 Å². The van der Waals surface area contributed by atoms with Gasteiger partial charge in [0, 0.05) is 31.6 Å². The molecule has 0 aromatic rings. The van der Waals surface area contributed by atoms with Crippen LogP contribution in [0.5, 0.6) is 0 Å². The molecule has 16 heavy (non-hydrogen) atoms. The molecule has 3 aliphatic heterocycles. The molecule has 3 saturated heterocycles. The fraction of sp³-hybridized carbons (Fsp3) is 1.00. The van der Waals surface area contributed by atoms with Crippen LogP contribution in [0.3, 0.4) is 0 Å². The molecule has 3 rings (SSSR count). The van der Waals surface area contributed by atoms with Crippen LogP contribution >= 0.6 is 11.8 Å². The van der Waals surface area contributed by atoms with Crippen molar-refractivity contribution in [2.75, 3.05) is 37.8 Å². The van der Waals surface area contributed by atoms with Gasteiger partial charge in [-0.3, -0.25) is 4.90 Å². The highest BCUT2D eigenvalue weighted by Gasteiger charge is 2.39. The van der Waals surface area contributed by atoms with E-state index in [9.17, 15) is 0 Å². The van der Waals surface area contributed by atoms with E-state index in [-0.39, 0.29) is 0 Å². The van der Waals surface area contributed by atoms with Gasteiger partial charge in [-0.25, -0.2) is 0 Å². The van der Waals surface area contributed by atoms with Gasteiger partial charge >= 0.3 is 0 Å². The lowest BCUT2D eigenvalue weighted by molar-refractivity contribution is -0.0348. The number of hydrogen-bond acceptors (Lipinski definition) is 3. The molecule has 0 aliphatic carbocycles. The van der Waals surface area contributed by atoms with Crippen LogP contribution in [-0.4, -0.2) is 48.8 Å². The molecule has 0 aromatic carbocycles. The largest absolute Gasteiger partial charge is 0.381 e. The summed E-state index contributed by atoms with van der Waals surface area (Å²) >= 11 is 2.14. The van der Waals surface area contributed by atoms with Crippen molar-refractivity contribution in [2.45, 2.75) is 38.1 Å². The summed E-state index contributed by atoms with van der Waals surface area (Å²) < 4.78 is 5.54. The van der Waals surface area contributed by atoms with E-state index in [1.54, 1.807) is 0 Å². The van der Waals surface area contributed by atoms with Gasteiger partial charge in [0.2, 0.25) is 0 Å². The molecule has 3 aliphatic rings. The molecule has 0 saturated carbocycles. The third kappa shape index (κ3) is 2.27. The van der Waals surface area contributed by atoms with Crippen LogP contribution in [-0.2, 0) is 4.74 Å². The fourth-order valence-corrected chi connectivity index (χ4v) is 4.84. The summed E-state index contributed by atoms with van der Waals surface area (Å²) in [5.41, 5.74) is 0.629. The van der Waals surface area contributed by atoms with E-state index < -0.39 is 0 Å². The van der Waals surface area contributed by atoms with Gasteiger partial charge in [0.1, 0.15) is 0 Å². The number of piperidine rings is 1. The highest BCUT2D eigenvalue weighted by molar-refractivity contribution is 7.99. The minimum atomic E-state index is 0.629. The van der Waals surface area contributed by atoms with Gasteiger partial charge in [-0.15, -0.1) is 0 Å². The van der Waals surface area contributed by atoms with Gasteiger partial charge < -0.3 is 4.74 Å². The average molecular weight is 241 g/mol. The number of likely N-dealkylation sites (tertiary alicyclic amines) is 1. The first kappa shape index (κ1) is 11.4. The van der Waals surface area contributed by atoms with Crippen LogP contribution in [0, 0.1) is 5.41 Å². The summed E-state index contributed by atoms with van der Waals surface area (Å²) in [6.45, 7) is 4.73. The maximum absolute atomic E-state index is 5.54.